The Bertz CT molecular complexity index is 1030. The van der Waals surface area contributed by atoms with Crippen LogP contribution in [-0.2, 0) is 27.1 Å². The van der Waals surface area contributed by atoms with Crippen molar-refractivity contribution in [1.82, 2.24) is 4.90 Å². The zero-order valence-electron chi connectivity index (χ0n) is 23.0. The van der Waals surface area contributed by atoms with Gasteiger partial charge in [0.1, 0.15) is 18.0 Å². The smallest absolute Gasteiger partial charge is 0.332 e. The van der Waals surface area contributed by atoms with Crippen LogP contribution < -0.4 is 9.47 Å². The molecule has 0 N–H and O–H groups in total. The largest absolute Gasteiger partial charge is 0.493 e. The predicted molar refractivity (Wildman–Crippen MR) is 143 cm³/mol. The van der Waals surface area contributed by atoms with Crippen molar-refractivity contribution in [2.24, 2.45) is 0 Å². The third-order valence-corrected chi connectivity index (χ3v) is 7.51. The molecule has 0 bridgehead atoms. The zero-order chi connectivity index (χ0) is 26.8. The summed E-state index contributed by atoms with van der Waals surface area (Å²) in [5.74, 6) is 0.906. The number of carbonyl (C=O) groups excluding carboxylic acids is 1. The van der Waals surface area contributed by atoms with Crippen LogP contribution in [0.3, 0.4) is 0 Å². The minimum absolute atomic E-state index is 0.0249. The molecule has 0 unspecified atom stereocenters. The van der Waals surface area contributed by atoms with E-state index in [-0.39, 0.29) is 24.3 Å². The first kappa shape index (κ1) is 28.9. The topological polar surface area (TPSA) is 57.2 Å². The summed E-state index contributed by atoms with van der Waals surface area (Å²) in [5.41, 5.74) is 2.66. The minimum Gasteiger partial charge on any atom is -0.493 e. The van der Waals surface area contributed by atoms with Crippen LogP contribution in [0.1, 0.15) is 61.6 Å². The quantitative estimate of drug-likeness (QED) is 0.307. The molecule has 37 heavy (non-hydrogen) atoms. The minimum atomic E-state index is -0.646. The SMILES string of the molecule is CCCC[C@H]1c2ccc(F)cc2CC[C@@]1(CCN(C)CCc1ccc(OC)c(OC)c1)OC(=O)COC. The highest BCUT2D eigenvalue weighted by molar-refractivity contribution is 5.71. The molecule has 7 heteroatoms. The van der Waals surface area contributed by atoms with Crippen molar-refractivity contribution in [1.29, 1.82) is 0 Å². The third-order valence-electron chi connectivity index (χ3n) is 7.51. The van der Waals surface area contributed by atoms with Crippen molar-refractivity contribution in [3.63, 3.8) is 0 Å². The number of halogens is 1. The Morgan fingerprint density at radius 2 is 1.86 bits per heavy atom. The van der Waals surface area contributed by atoms with E-state index in [1.165, 1.54) is 18.7 Å². The number of nitrogens with zero attached hydrogens (tertiary/aromatic N) is 1. The summed E-state index contributed by atoms with van der Waals surface area (Å²) in [6, 6.07) is 11.1. The van der Waals surface area contributed by atoms with Gasteiger partial charge in [0.25, 0.3) is 0 Å². The molecule has 2 aromatic rings. The lowest BCUT2D eigenvalue weighted by atomic mass is 9.68. The van der Waals surface area contributed by atoms with Gasteiger partial charge in [0.05, 0.1) is 14.2 Å². The first-order valence-electron chi connectivity index (χ1n) is 13.2. The number of likely N-dealkylation sites (N-methyl/N-ethyl adjacent to an activating group) is 1. The molecule has 6 nitrogen and oxygen atoms in total. The summed E-state index contributed by atoms with van der Waals surface area (Å²) >= 11 is 0. The number of benzene rings is 2. The van der Waals surface area contributed by atoms with E-state index in [2.05, 4.69) is 24.9 Å². The molecule has 204 valence electrons. The fraction of sp³-hybridized carbons (Fsp3) is 0.567. The number of hydrogen-bond donors (Lipinski definition) is 0. The maximum Gasteiger partial charge on any atom is 0.332 e. The van der Waals surface area contributed by atoms with E-state index in [1.54, 1.807) is 20.3 Å². The number of esters is 1. The Hall–Kier alpha value is -2.64. The standard InChI is InChI=1S/C30H42FNO5/c1-6-7-8-26-25-11-10-24(31)20-23(25)13-15-30(26,37-29(33)21-34-3)16-18-32(2)17-14-22-9-12-27(35-4)28(19-22)36-5/h9-12,19-20,26H,6-8,13-18,21H2,1-5H3/t26-,30-/m0/s1. The molecule has 1 aliphatic rings. The Balaban J connectivity index is 1.77. The van der Waals surface area contributed by atoms with Gasteiger partial charge in [0, 0.05) is 32.5 Å². The van der Waals surface area contributed by atoms with E-state index in [0.717, 1.165) is 61.4 Å². The number of rotatable bonds is 14. The summed E-state index contributed by atoms with van der Waals surface area (Å²) < 4.78 is 36.2. The van der Waals surface area contributed by atoms with Gasteiger partial charge >= 0.3 is 5.97 Å². The molecule has 0 aromatic heterocycles. The van der Waals surface area contributed by atoms with Crippen LogP contribution in [-0.4, -0.2) is 64.5 Å². The van der Waals surface area contributed by atoms with Gasteiger partial charge in [-0.05, 0) is 73.7 Å². The van der Waals surface area contributed by atoms with Crippen LogP contribution in [0, 0.1) is 5.82 Å². The molecule has 0 amide bonds. The first-order valence-corrected chi connectivity index (χ1v) is 13.2. The van der Waals surface area contributed by atoms with E-state index >= 15 is 0 Å². The third kappa shape index (κ3) is 7.45. The van der Waals surface area contributed by atoms with Crippen molar-refractivity contribution in [2.75, 3.05) is 48.1 Å². The summed E-state index contributed by atoms with van der Waals surface area (Å²) in [6.07, 6.45) is 5.87. The van der Waals surface area contributed by atoms with E-state index in [1.807, 2.05) is 18.2 Å². The second kappa shape index (κ2) is 13.8. The Labute approximate surface area is 221 Å². The molecule has 0 saturated heterocycles. The van der Waals surface area contributed by atoms with Crippen molar-refractivity contribution < 1.29 is 28.1 Å². The summed E-state index contributed by atoms with van der Waals surface area (Å²) in [4.78, 5) is 15.0. The summed E-state index contributed by atoms with van der Waals surface area (Å²) in [6.45, 7) is 3.70. The molecule has 0 aliphatic heterocycles. The van der Waals surface area contributed by atoms with Gasteiger partial charge in [-0.15, -0.1) is 0 Å². The number of hydrogen-bond acceptors (Lipinski definition) is 6. The molecule has 0 spiro atoms. The molecular weight excluding hydrogens is 473 g/mol. The van der Waals surface area contributed by atoms with Crippen LogP contribution in [0.25, 0.3) is 0 Å². The van der Waals surface area contributed by atoms with Gasteiger partial charge in [0.2, 0.25) is 0 Å². The van der Waals surface area contributed by atoms with Crippen molar-refractivity contribution >= 4 is 5.97 Å². The second-order valence-corrected chi connectivity index (χ2v) is 10.0. The van der Waals surface area contributed by atoms with Crippen LogP contribution in [0.2, 0.25) is 0 Å². The molecule has 0 radical (unpaired) electrons. The summed E-state index contributed by atoms with van der Waals surface area (Å²) in [7, 11) is 6.88. The van der Waals surface area contributed by atoms with Crippen molar-refractivity contribution in [3.05, 3.63) is 58.9 Å². The van der Waals surface area contributed by atoms with Crippen molar-refractivity contribution in [3.8, 4) is 11.5 Å². The molecule has 1 aliphatic carbocycles. The van der Waals surface area contributed by atoms with Gasteiger partial charge in [-0.3, -0.25) is 0 Å². The number of methoxy groups -OCH3 is 3. The van der Waals surface area contributed by atoms with Gasteiger partial charge < -0.3 is 23.8 Å². The lowest BCUT2D eigenvalue weighted by Gasteiger charge is -2.45. The normalized spacial score (nSPS) is 18.9. The second-order valence-electron chi connectivity index (χ2n) is 10.0. The number of ether oxygens (including phenoxy) is 4. The first-order chi connectivity index (χ1) is 17.9. The van der Waals surface area contributed by atoms with Gasteiger partial charge in [-0.2, -0.15) is 0 Å². The fourth-order valence-corrected chi connectivity index (χ4v) is 5.46. The predicted octanol–water partition coefficient (Wildman–Crippen LogP) is 5.56. The van der Waals surface area contributed by atoms with E-state index in [9.17, 15) is 9.18 Å². The van der Waals surface area contributed by atoms with Crippen LogP contribution in [0.5, 0.6) is 11.5 Å². The zero-order valence-corrected chi connectivity index (χ0v) is 23.0. The molecule has 0 fully saturated rings. The van der Waals surface area contributed by atoms with Crippen molar-refractivity contribution in [2.45, 2.75) is 63.4 Å². The number of fused-ring (bicyclic) bond motifs is 1. The van der Waals surface area contributed by atoms with E-state index < -0.39 is 5.60 Å². The van der Waals surface area contributed by atoms with E-state index in [4.69, 9.17) is 18.9 Å². The van der Waals surface area contributed by atoms with Gasteiger partial charge in [0.15, 0.2) is 11.5 Å². The highest BCUT2D eigenvalue weighted by atomic mass is 19.1. The van der Waals surface area contributed by atoms with Crippen LogP contribution >= 0.6 is 0 Å². The Kier molecular flexibility index (Phi) is 10.8. The number of aryl methyl sites for hydroxylation is 1. The Morgan fingerprint density at radius 3 is 2.57 bits per heavy atom. The molecule has 2 aromatic carbocycles. The van der Waals surface area contributed by atoms with E-state index in [0.29, 0.717) is 19.3 Å². The lowest BCUT2D eigenvalue weighted by Crippen LogP contribution is -2.47. The number of unbranched alkanes of at least 4 members (excludes halogenated alkanes) is 1. The van der Waals surface area contributed by atoms with Gasteiger partial charge in [-0.25, -0.2) is 9.18 Å². The number of carbonyl (C=O) groups is 1. The van der Waals surface area contributed by atoms with Crippen LogP contribution in [0.4, 0.5) is 4.39 Å². The molecule has 2 atom stereocenters. The lowest BCUT2D eigenvalue weighted by molar-refractivity contribution is -0.170. The Morgan fingerprint density at radius 1 is 1.08 bits per heavy atom. The summed E-state index contributed by atoms with van der Waals surface area (Å²) in [5, 5.41) is 0. The van der Waals surface area contributed by atoms with Crippen LogP contribution in [0.15, 0.2) is 36.4 Å². The monoisotopic (exact) mass is 515 g/mol. The molecule has 3 rings (SSSR count). The average molecular weight is 516 g/mol. The maximum absolute atomic E-state index is 14.0. The highest BCUT2D eigenvalue weighted by Gasteiger charge is 2.46. The maximum atomic E-state index is 14.0. The molecular formula is C30H42FNO5. The fourth-order valence-electron chi connectivity index (χ4n) is 5.46. The molecule has 0 heterocycles. The molecule has 0 saturated carbocycles. The average Bonchev–Trinajstić information content (AvgIpc) is 2.90. The van der Waals surface area contributed by atoms with Gasteiger partial charge in [-0.1, -0.05) is 31.9 Å². The highest BCUT2D eigenvalue weighted by Crippen LogP contribution is 2.47.